The molecule has 3 rings (SSSR count). The predicted molar refractivity (Wildman–Crippen MR) is 105 cm³/mol. The van der Waals surface area contributed by atoms with Gasteiger partial charge in [0.05, 0.1) is 5.39 Å². The number of rotatable bonds is 7. The lowest BCUT2D eigenvalue weighted by atomic mass is 10.0. The second-order valence-corrected chi connectivity index (χ2v) is 7.59. The lowest BCUT2D eigenvalue weighted by molar-refractivity contribution is -0.137. The highest BCUT2D eigenvalue weighted by Crippen LogP contribution is 2.41. The maximum Gasteiger partial charge on any atom is 0.303 e. The van der Waals surface area contributed by atoms with E-state index in [2.05, 4.69) is 50.3 Å². The van der Waals surface area contributed by atoms with Crippen LogP contribution in [0.2, 0.25) is 0 Å². The van der Waals surface area contributed by atoms with Crippen molar-refractivity contribution in [2.75, 3.05) is 11.9 Å². The van der Waals surface area contributed by atoms with Gasteiger partial charge in [-0.2, -0.15) is 0 Å². The third-order valence-corrected chi connectivity index (χ3v) is 5.65. The van der Waals surface area contributed by atoms with Crippen molar-refractivity contribution in [1.29, 1.82) is 0 Å². The molecular formula is C18H18BrN3O2S. The smallest absolute Gasteiger partial charge is 0.303 e. The Bertz CT molecular complexity index is 893. The first kappa shape index (κ1) is 17.8. The van der Waals surface area contributed by atoms with Crippen LogP contribution in [0.4, 0.5) is 5.82 Å². The minimum absolute atomic E-state index is 0.143. The molecule has 3 aromatic rings. The maximum atomic E-state index is 10.7. The van der Waals surface area contributed by atoms with Crippen molar-refractivity contribution in [2.24, 2.45) is 0 Å². The van der Waals surface area contributed by atoms with Gasteiger partial charge >= 0.3 is 5.97 Å². The van der Waals surface area contributed by atoms with Crippen molar-refractivity contribution in [1.82, 2.24) is 9.97 Å². The Morgan fingerprint density at radius 3 is 2.72 bits per heavy atom. The molecule has 0 spiro atoms. The minimum atomic E-state index is -0.783. The number of thiophene rings is 1. The fourth-order valence-corrected chi connectivity index (χ4v) is 4.10. The zero-order valence-corrected chi connectivity index (χ0v) is 16.2. The van der Waals surface area contributed by atoms with Gasteiger partial charge in [0.2, 0.25) is 0 Å². The van der Waals surface area contributed by atoms with Crippen LogP contribution in [0.15, 0.2) is 35.1 Å². The first-order chi connectivity index (χ1) is 12.1. The number of aliphatic carboxylic acids is 1. The van der Waals surface area contributed by atoms with Gasteiger partial charge in [0.15, 0.2) is 0 Å². The predicted octanol–water partition coefficient (Wildman–Crippen LogP) is 4.96. The quantitative estimate of drug-likeness (QED) is 0.529. The minimum Gasteiger partial charge on any atom is -0.481 e. The highest BCUT2D eigenvalue weighted by molar-refractivity contribution is 9.10. The Kier molecular flexibility index (Phi) is 5.65. The van der Waals surface area contributed by atoms with Crippen LogP contribution < -0.4 is 5.32 Å². The van der Waals surface area contributed by atoms with E-state index in [0.717, 1.165) is 38.1 Å². The van der Waals surface area contributed by atoms with Crippen LogP contribution in [-0.2, 0) is 11.2 Å². The summed E-state index contributed by atoms with van der Waals surface area (Å²) >= 11 is 5.16. The van der Waals surface area contributed by atoms with E-state index in [0.29, 0.717) is 13.0 Å². The summed E-state index contributed by atoms with van der Waals surface area (Å²) in [7, 11) is 0. The van der Waals surface area contributed by atoms with Crippen LogP contribution in [-0.4, -0.2) is 27.6 Å². The summed E-state index contributed by atoms with van der Waals surface area (Å²) in [5.41, 5.74) is 2.30. The highest BCUT2D eigenvalue weighted by Gasteiger charge is 2.18. The first-order valence-corrected chi connectivity index (χ1v) is 9.69. The Morgan fingerprint density at radius 1 is 1.28 bits per heavy atom. The number of aromatic nitrogens is 2. The summed E-state index contributed by atoms with van der Waals surface area (Å²) < 4.78 is 1.04. The van der Waals surface area contributed by atoms with Gasteiger partial charge in [-0.05, 0) is 30.5 Å². The Balaban J connectivity index is 2.02. The molecule has 130 valence electrons. The van der Waals surface area contributed by atoms with Crippen molar-refractivity contribution in [2.45, 2.75) is 26.2 Å². The molecule has 1 aromatic carbocycles. The molecule has 7 heteroatoms. The molecule has 5 nitrogen and oxygen atoms in total. The zero-order chi connectivity index (χ0) is 17.8. The molecule has 0 fully saturated rings. The molecule has 0 unspecified atom stereocenters. The Labute approximate surface area is 158 Å². The van der Waals surface area contributed by atoms with Gasteiger partial charge in [0, 0.05) is 27.9 Å². The summed E-state index contributed by atoms with van der Waals surface area (Å²) in [5.74, 6) is -0.0155. The Hall–Kier alpha value is -1.99. The molecule has 25 heavy (non-hydrogen) atoms. The van der Waals surface area contributed by atoms with Crippen LogP contribution in [0.1, 0.15) is 24.6 Å². The third-order valence-electron chi connectivity index (χ3n) is 3.88. The van der Waals surface area contributed by atoms with Crippen molar-refractivity contribution >= 4 is 49.3 Å². The Morgan fingerprint density at radius 2 is 2.04 bits per heavy atom. The number of carboxylic acids is 1. The summed E-state index contributed by atoms with van der Waals surface area (Å²) in [6, 6.07) is 8.24. The number of anilines is 1. The van der Waals surface area contributed by atoms with E-state index < -0.39 is 5.97 Å². The normalized spacial score (nSPS) is 11.0. The maximum absolute atomic E-state index is 10.7. The molecule has 2 aromatic heterocycles. The van der Waals surface area contributed by atoms with E-state index >= 15 is 0 Å². The van der Waals surface area contributed by atoms with Gasteiger partial charge in [-0.3, -0.25) is 4.79 Å². The largest absolute Gasteiger partial charge is 0.481 e. The van der Waals surface area contributed by atoms with Gasteiger partial charge in [-0.15, -0.1) is 11.3 Å². The second kappa shape index (κ2) is 7.93. The van der Waals surface area contributed by atoms with Gasteiger partial charge < -0.3 is 10.4 Å². The van der Waals surface area contributed by atoms with Crippen molar-refractivity contribution < 1.29 is 9.90 Å². The fourth-order valence-electron chi connectivity index (χ4n) is 2.73. The van der Waals surface area contributed by atoms with Gasteiger partial charge in [0.1, 0.15) is 17.0 Å². The van der Waals surface area contributed by atoms with Crippen molar-refractivity contribution in [3.8, 4) is 11.1 Å². The first-order valence-electron chi connectivity index (χ1n) is 8.08. The standard InChI is InChI=1S/C18H18BrN3O2S/c1-2-13-15(11-5-7-12(19)8-6-11)16-17(20-9-3-4-14(23)24)21-10-22-18(16)25-13/h5-8,10H,2-4,9H2,1H3,(H,23,24)(H,20,21,22). The van der Waals surface area contributed by atoms with E-state index in [1.54, 1.807) is 17.7 Å². The second-order valence-electron chi connectivity index (χ2n) is 5.59. The van der Waals surface area contributed by atoms with Crippen molar-refractivity contribution in [3.05, 3.63) is 39.9 Å². The molecule has 0 atom stereocenters. The molecule has 0 aliphatic carbocycles. The number of nitrogens with zero attached hydrogens (tertiary/aromatic N) is 2. The van der Waals surface area contributed by atoms with E-state index in [-0.39, 0.29) is 6.42 Å². The van der Waals surface area contributed by atoms with Gasteiger partial charge in [0.25, 0.3) is 0 Å². The third kappa shape index (κ3) is 3.99. The van der Waals surface area contributed by atoms with Crippen molar-refractivity contribution in [3.63, 3.8) is 0 Å². The number of hydrogen-bond acceptors (Lipinski definition) is 5. The topological polar surface area (TPSA) is 75.1 Å². The van der Waals surface area contributed by atoms with E-state index in [1.807, 2.05) is 12.1 Å². The SMILES string of the molecule is CCc1sc2ncnc(NCCCC(=O)O)c2c1-c1ccc(Br)cc1. The van der Waals surface area contributed by atoms with Gasteiger partial charge in [-0.1, -0.05) is 35.0 Å². The van der Waals surface area contributed by atoms with Crippen LogP contribution in [0.25, 0.3) is 21.3 Å². The summed E-state index contributed by atoms with van der Waals surface area (Å²) in [6.45, 7) is 2.70. The number of hydrogen-bond donors (Lipinski definition) is 2. The number of halogens is 1. The number of benzene rings is 1. The summed E-state index contributed by atoms with van der Waals surface area (Å²) in [6.07, 6.45) is 3.18. The lowest BCUT2D eigenvalue weighted by Gasteiger charge is -2.09. The highest BCUT2D eigenvalue weighted by atomic mass is 79.9. The van der Waals surface area contributed by atoms with E-state index in [1.165, 1.54) is 4.88 Å². The molecule has 0 aliphatic heterocycles. The molecule has 0 bridgehead atoms. The molecule has 2 N–H and O–H groups in total. The molecule has 0 saturated carbocycles. The van der Waals surface area contributed by atoms with Crippen LogP contribution in [0.3, 0.4) is 0 Å². The number of carboxylic acid groups (broad SMARTS) is 1. The lowest BCUT2D eigenvalue weighted by Crippen LogP contribution is -2.06. The molecule has 0 aliphatic rings. The molecular weight excluding hydrogens is 402 g/mol. The molecule has 0 saturated heterocycles. The van der Waals surface area contributed by atoms with Crippen LogP contribution in [0, 0.1) is 0 Å². The van der Waals surface area contributed by atoms with E-state index in [4.69, 9.17) is 5.11 Å². The average molecular weight is 420 g/mol. The number of nitrogens with one attached hydrogen (secondary N) is 1. The zero-order valence-electron chi connectivity index (χ0n) is 13.8. The number of aryl methyl sites for hydroxylation is 1. The average Bonchev–Trinajstić information content (AvgIpc) is 2.98. The molecule has 2 heterocycles. The van der Waals surface area contributed by atoms with Crippen LogP contribution in [0.5, 0.6) is 0 Å². The van der Waals surface area contributed by atoms with Crippen LogP contribution >= 0.6 is 27.3 Å². The summed E-state index contributed by atoms with van der Waals surface area (Å²) in [4.78, 5) is 21.7. The monoisotopic (exact) mass is 419 g/mol. The number of carbonyl (C=O) groups is 1. The summed E-state index contributed by atoms with van der Waals surface area (Å²) in [5, 5.41) is 13.1. The molecule has 0 amide bonds. The van der Waals surface area contributed by atoms with Gasteiger partial charge in [-0.25, -0.2) is 9.97 Å². The molecule has 0 radical (unpaired) electrons. The number of fused-ring (bicyclic) bond motifs is 1. The fraction of sp³-hybridized carbons (Fsp3) is 0.278. The van der Waals surface area contributed by atoms with E-state index in [9.17, 15) is 4.79 Å².